The molecule has 1 fully saturated rings. The molecule has 146 valence electrons. The van der Waals surface area contributed by atoms with Crippen molar-refractivity contribution in [2.75, 3.05) is 26.2 Å². The van der Waals surface area contributed by atoms with Crippen molar-refractivity contribution in [3.8, 4) is 11.4 Å². The van der Waals surface area contributed by atoms with Gasteiger partial charge in [0, 0.05) is 31.7 Å². The lowest BCUT2D eigenvalue weighted by Gasteiger charge is -2.33. The Morgan fingerprint density at radius 3 is 2.61 bits per heavy atom. The average molecular weight is 381 g/mol. The van der Waals surface area contributed by atoms with Crippen molar-refractivity contribution in [3.63, 3.8) is 0 Å². The number of hydrogen-bond acceptors (Lipinski definition) is 7. The second-order valence-corrected chi connectivity index (χ2v) is 6.95. The zero-order valence-corrected chi connectivity index (χ0v) is 15.8. The van der Waals surface area contributed by atoms with Gasteiger partial charge in [-0.1, -0.05) is 35.0 Å². The Morgan fingerprint density at radius 1 is 1.18 bits per heavy atom. The summed E-state index contributed by atoms with van der Waals surface area (Å²) in [7, 11) is 0. The van der Waals surface area contributed by atoms with E-state index in [4.69, 9.17) is 14.7 Å². The molecule has 0 spiro atoms. The molecule has 0 unspecified atom stereocenters. The summed E-state index contributed by atoms with van der Waals surface area (Å²) in [5, 5.41) is 4.08. The van der Waals surface area contributed by atoms with Crippen molar-refractivity contribution in [1.82, 2.24) is 19.9 Å². The van der Waals surface area contributed by atoms with Crippen LogP contribution in [0.25, 0.3) is 11.4 Å². The quantitative estimate of drug-likeness (QED) is 0.722. The van der Waals surface area contributed by atoms with Crippen LogP contribution in [0.5, 0.6) is 0 Å². The second-order valence-electron chi connectivity index (χ2n) is 6.95. The maximum absolute atomic E-state index is 12.5. The summed E-state index contributed by atoms with van der Waals surface area (Å²) in [6, 6.07) is 9.73. The van der Waals surface area contributed by atoms with Gasteiger partial charge in [-0.15, -0.1) is 0 Å². The van der Waals surface area contributed by atoms with Crippen molar-refractivity contribution in [3.05, 3.63) is 59.4 Å². The Labute approximate surface area is 162 Å². The molecule has 1 saturated heterocycles. The predicted octanol–water partition coefficient (Wildman–Crippen LogP) is 2.05. The van der Waals surface area contributed by atoms with Crippen molar-refractivity contribution >= 4 is 5.91 Å². The lowest BCUT2D eigenvalue weighted by molar-refractivity contribution is 0.0614. The highest BCUT2D eigenvalue weighted by molar-refractivity contribution is 5.94. The molecule has 1 aliphatic heterocycles. The van der Waals surface area contributed by atoms with E-state index in [1.165, 1.54) is 11.8 Å². The van der Waals surface area contributed by atoms with Gasteiger partial charge in [-0.05, 0) is 13.0 Å². The second kappa shape index (κ2) is 7.95. The third kappa shape index (κ3) is 3.97. The number of aromatic nitrogens is 2. The first-order valence-electron chi connectivity index (χ1n) is 9.31. The van der Waals surface area contributed by atoms with Gasteiger partial charge < -0.3 is 19.6 Å². The van der Waals surface area contributed by atoms with E-state index in [9.17, 15) is 4.79 Å². The first kappa shape index (κ1) is 18.4. The van der Waals surface area contributed by atoms with Crippen LogP contribution in [0.1, 0.15) is 27.6 Å². The van der Waals surface area contributed by atoms with Gasteiger partial charge >= 0.3 is 0 Å². The van der Waals surface area contributed by atoms with E-state index in [1.54, 1.807) is 6.07 Å². The lowest BCUT2D eigenvalue weighted by atomic mass is 10.1. The molecule has 1 aromatic carbocycles. The Kier molecular flexibility index (Phi) is 5.23. The predicted molar refractivity (Wildman–Crippen MR) is 102 cm³/mol. The van der Waals surface area contributed by atoms with Crippen LogP contribution in [0.4, 0.5) is 0 Å². The monoisotopic (exact) mass is 381 g/mol. The van der Waals surface area contributed by atoms with Crippen LogP contribution >= 0.6 is 0 Å². The molecule has 2 aromatic heterocycles. The number of carbonyl (C=O) groups is 1. The van der Waals surface area contributed by atoms with Crippen LogP contribution in [0.3, 0.4) is 0 Å². The molecule has 0 saturated carbocycles. The molecule has 3 aromatic rings. The molecule has 0 aliphatic carbocycles. The van der Waals surface area contributed by atoms with Crippen LogP contribution in [0, 0.1) is 6.92 Å². The molecule has 1 aliphatic rings. The van der Waals surface area contributed by atoms with E-state index in [2.05, 4.69) is 15.0 Å². The smallest absolute Gasteiger partial charge is 0.257 e. The molecular weight excluding hydrogens is 358 g/mol. The molecule has 28 heavy (non-hydrogen) atoms. The Hall–Kier alpha value is -2.97. The van der Waals surface area contributed by atoms with Crippen molar-refractivity contribution in [2.45, 2.75) is 20.0 Å². The summed E-state index contributed by atoms with van der Waals surface area (Å²) in [5.41, 5.74) is 8.21. The summed E-state index contributed by atoms with van der Waals surface area (Å²) in [4.78, 5) is 21.1. The topological polar surface area (TPSA) is 102 Å². The lowest BCUT2D eigenvalue weighted by Crippen LogP contribution is -2.48. The van der Waals surface area contributed by atoms with E-state index < -0.39 is 0 Å². The summed E-state index contributed by atoms with van der Waals surface area (Å²) in [5.74, 6) is 1.77. The van der Waals surface area contributed by atoms with Crippen molar-refractivity contribution in [2.24, 2.45) is 5.73 Å². The highest BCUT2D eigenvalue weighted by Gasteiger charge is 2.24. The average Bonchev–Trinajstić information content (AvgIpc) is 3.38. The molecule has 8 nitrogen and oxygen atoms in total. The summed E-state index contributed by atoms with van der Waals surface area (Å²) in [6.07, 6.45) is 1.47. The number of nitrogens with zero attached hydrogens (tertiary/aromatic N) is 4. The van der Waals surface area contributed by atoms with Gasteiger partial charge in [-0.25, -0.2) is 0 Å². The minimum absolute atomic E-state index is 0.0254. The Balaban J connectivity index is 1.32. The Morgan fingerprint density at radius 2 is 1.93 bits per heavy atom. The number of nitrogens with two attached hydrogens (primary N) is 1. The van der Waals surface area contributed by atoms with Crippen LogP contribution in [-0.2, 0) is 13.1 Å². The molecule has 1 amide bonds. The minimum atomic E-state index is -0.0254. The summed E-state index contributed by atoms with van der Waals surface area (Å²) in [6.45, 7) is 5.67. The highest BCUT2D eigenvalue weighted by atomic mass is 16.5. The van der Waals surface area contributed by atoms with Crippen molar-refractivity contribution < 1.29 is 13.7 Å². The maximum atomic E-state index is 12.5. The van der Waals surface area contributed by atoms with Crippen LogP contribution in [0.2, 0.25) is 0 Å². The van der Waals surface area contributed by atoms with Gasteiger partial charge in [-0.2, -0.15) is 4.98 Å². The van der Waals surface area contributed by atoms with E-state index in [0.29, 0.717) is 42.7 Å². The standard InChI is InChI=1S/C20H23N5O3/c1-14-2-4-15(5-3-14)19-22-18(28-23-19)12-24-6-8-25(9-7-24)20(26)16-10-17(11-21)27-13-16/h2-5,10,13H,6-9,11-12,21H2,1H3. The fourth-order valence-electron chi connectivity index (χ4n) is 3.22. The van der Waals surface area contributed by atoms with E-state index in [0.717, 1.165) is 18.7 Å². The van der Waals surface area contributed by atoms with Gasteiger partial charge in [0.25, 0.3) is 5.91 Å². The SMILES string of the molecule is Cc1ccc(-c2noc(CN3CCN(C(=O)c4coc(CN)c4)CC3)n2)cc1. The molecule has 0 radical (unpaired) electrons. The third-order valence-electron chi connectivity index (χ3n) is 4.90. The maximum Gasteiger partial charge on any atom is 0.257 e. The fourth-order valence-corrected chi connectivity index (χ4v) is 3.22. The number of hydrogen-bond donors (Lipinski definition) is 1. The number of amides is 1. The van der Waals surface area contributed by atoms with E-state index in [1.807, 2.05) is 36.1 Å². The molecule has 4 rings (SSSR count). The zero-order valence-electron chi connectivity index (χ0n) is 15.8. The number of piperazine rings is 1. The highest BCUT2D eigenvalue weighted by Crippen LogP contribution is 2.18. The number of furan rings is 1. The van der Waals surface area contributed by atoms with Crippen LogP contribution in [0.15, 0.2) is 45.5 Å². The van der Waals surface area contributed by atoms with Crippen LogP contribution in [-0.4, -0.2) is 52.0 Å². The molecule has 0 atom stereocenters. The fraction of sp³-hybridized carbons (Fsp3) is 0.350. The first-order valence-corrected chi connectivity index (χ1v) is 9.31. The van der Waals surface area contributed by atoms with Gasteiger partial charge in [0.15, 0.2) is 0 Å². The summed E-state index contributed by atoms with van der Waals surface area (Å²) < 4.78 is 10.7. The third-order valence-corrected chi connectivity index (χ3v) is 4.90. The van der Waals surface area contributed by atoms with E-state index in [-0.39, 0.29) is 12.5 Å². The van der Waals surface area contributed by atoms with E-state index >= 15 is 0 Å². The van der Waals surface area contributed by atoms with Gasteiger partial charge in [0.05, 0.1) is 18.7 Å². The molecular formula is C20H23N5O3. The number of rotatable bonds is 5. The molecule has 2 N–H and O–H groups in total. The molecule has 3 heterocycles. The molecule has 0 bridgehead atoms. The van der Waals surface area contributed by atoms with Crippen LogP contribution < -0.4 is 5.73 Å². The van der Waals surface area contributed by atoms with Crippen molar-refractivity contribution in [1.29, 1.82) is 0 Å². The number of aryl methyl sites for hydroxylation is 1. The normalized spacial score (nSPS) is 15.1. The van der Waals surface area contributed by atoms with Gasteiger partial charge in [0.1, 0.15) is 12.0 Å². The number of benzene rings is 1. The zero-order chi connectivity index (χ0) is 19.5. The van der Waals surface area contributed by atoms with Gasteiger partial charge in [0.2, 0.25) is 11.7 Å². The Bertz CT molecular complexity index is 939. The largest absolute Gasteiger partial charge is 0.467 e. The van der Waals surface area contributed by atoms with Gasteiger partial charge in [-0.3, -0.25) is 9.69 Å². The minimum Gasteiger partial charge on any atom is -0.467 e. The first-order chi connectivity index (χ1) is 13.6. The number of carbonyl (C=O) groups excluding carboxylic acids is 1. The summed E-state index contributed by atoms with van der Waals surface area (Å²) >= 11 is 0. The molecule has 8 heteroatoms.